The van der Waals surface area contributed by atoms with Crippen molar-refractivity contribution in [3.63, 3.8) is 0 Å². The van der Waals surface area contributed by atoms with E-state index in [4.69, 9.17) is 4.74 Å². The van der Waals surface area contributed by atoms with Gasteiger partial charge in [0.05, 0.1) is 19.3 Å². The van der Waals surface area contributed by atoms with Crippen LogP contribution in [0.3, 0.4) is 0 Å². The Morgan fingerprint density at radius 1 is 1.48 bits per heavy atom. The summed E-state index contributed by atoms with van der Waals surface area (Å²) in [5.74, 6) is 0.159. The van der Waals surface area contributed by atoms with Crippen LogP contribution in [0.2, 0.25) is 0 Å². The van der Waals surface area contributed by atoms with Crippen LogP contribution in [0.5, 0.6) is 0 Å². The zero-order chi connectivity index (χ0) is 15.4. The molecule has 2 atom stereocenters. The second kappa shape index (κ2) is 7.05. The molecule has 116 valence electrons. The summed E-state index contributed by atoms with van der Waals surface area (Å²) in [7, 11) is 1.89. The summed E-state index contributed by atoms with van der Waals surface area (Å²) < 4.78 is 5.41. The topological polar surface area (TPSA) is 41.6 Å². The first-order valence-corrected chi connectivity index (χ1v) is 7.63. The van der Waals surface area contributed by atoms with E-state index in [-0.39, 0.29) is 18.0 Å². The third kappa shape index (κ3) is 4.05. The van der Waals surface area contributed by atoms with Gasteiger partial charge in [0.25, 0.3) is 0 Å². The van der Waals surface area contributed by atoms with Crippen LogP contribution >= 0.6 is 0 Å². The van der Waals surface area contributed by atoms with Crippen molar-refractivity contribution in [1.82, 2.24) is 10.2 Å². The van der Waals surface area contributed by atoms with Crippen LogP contribution in [0, 0.1) is 13.8 Å². The van der Waals surface area contributed by atoms with Crippen molar-refractivity contribution in [3.05, 3.63) is 34.9 Å². The van der Waals surface area contributed by atoms with Crippen molar-refractivity contribution in [2.75, 3.05) is 26.8 Å². The van der Waals surface area contributed by atoms with Crippen molar-refractivity contribution in [1.29, 1.82) is 0 Å². The van der Waals surface area contributed by atoms with E-state index in [1.807, 2.05) is 11.9 Å². The predicted molar refractivity (Wildman–Crippen MR) is 84.3 cm³/mol. The van der Waals surface area contributed by atoms with Gasteiger partial charge in [-0.2, -0.15) is 0 Å². The summed E-state index contributed by atoms with van der Waals surface area (Å²) in [6, 6.07) is 6.62. The van der Waals surface area contributed by atoms with Crippen molar-refractivity contribution < 1.29 is 9.53 Å². The van der Waals surface area contributed by atoms with E-state index in [0.29, 0.717) is 13.0 Å². The van der Waals surface area contributed by atoms with Crippen LogP contribution in [0.4, 0.5) is 0 Å². The highest BCUT2D eigenvalue weighted by atomic mass is 16.5. The molecule has 1 saturated heterocycles. The molecule has 2 unspecified atom stereocenters. The fourth-order valence-corrected chi connectivity index (χ4v) is 2.74. The van der Waals surface area contributed by atoms with Crippen molar-refractivity contribution in [3.8, 4) is 0 Å². The number of hydrogen-bond acceptors (Lipinski definition) is 3. The summed E-state index contributed by atoms with van der Waals surface area (Å²) in [6.45, 7) is 8.45. The molecule has 1 aromatic carbocycles. The van der Waals surface area contributed by atoms with Crippen LogP contribution < -0.4 is 5.32 Å². The molecule has 1 aliphatic rings. The largest absolute Gasteiger partial charge is 0.378 e. The van der Waals surface area contributed by atoms with E-state index in [1.165, 1.54) is 16.7 Å². The van der Waals surface area contributed by atoms with Crippen molar-refractivity contribution in [2.24, 2.45) is 0 Å². The summed E-state index contributed by atoms with van der Waals surface area (Å²) in [5.41, 5.74) is 3.68. The number of carbonyl (C=O) groups excluding carboxylic acids is 1. The molecule has 21 heavy (non-hydrogen) atoms. The molecule has 0 aromatic heterocycles. The minimum absolute atomic E-state index is 0.0851. The molecule has 0 radical (unpaired) electrons. The number of rotatable bonds is 4. The van der Waals surface area contributed by atoms with Gasteiger partial charge in [-0.15, -0.1) is 0 Å². The maximum Gasteiger partial charge on any atom is 0.224 e. The standard InChI is InChI=1S/C17H26N2O2/c1-12-5-6-13(2)16(9-12)14(3)19(4)17(20)10-15-11-21-8-7-18-15/h5-6,9,14-15,18H,7-8,10-11H2,1-4H3. The van der Waals surface area contributed by atoms with Gasteiger partial charge in [0.2, 0.25) is 5.91 Å². The lowest BCUT2D eigenvalue weighted by Gasteiger charge is -2.30. The second-order valence-electron chi connectivity index (χ2n) is 5.97. The van der Waals surface area contributed by atoms with Gasteiger partial charge in [-0.25, -0.2) is 0 Å². The van der Waals surface area contributed by atoms with Gasteiger partial charge < -0.3 is 15.0 Å². The van der Waals surface area contributed by atoms with Crippen LogP contribution in [-0.2, 0) is 9.53 Å². The summed E-state index contributed by atoms with van der Waals surface area (Å²) in [5, 5.41) is 3.33. The normalized spacial score (nSPS) is 20.1. The Morgan fingerprint density at radius 2 is 2.24 bits per heavy atom. The highest BCUT2D eigenvalue weighted by Gasteiger charge is 2.23. The molecule has 2 rings (SSSR count). The lowest BCUT2D eigenvalue weighted by atomic mass is 9.98. The number of aryl methyl sites for hydroxylation is 2. The number of nitrogens with one attached hydrogen (secondary N) is 1. The SMILES string of the molecule is Cc1ccc(C)c(C(C)N(C)C(=O)CC2COCCN2)c1. The monoisotopic (exact) mass is 290 g/mol. The van der Waals surface area contributed by atoms with Gasteiger partial charge in [0.15, 0.2) is 0 Å². The van der Waals surface area contributed by atoms with Gasteiger partial charge >= 0.3 is 0 Å². The van der Waals surface area contributed by atoms with E-state index in [1.54, 1.807) is 0 Å². The van der Waals surface area contributed by atoms with E-state index in [2.05, 4.69) is 44.3 Å². The maximum absolute atomic E-state index is 12.5. The van der Waals surface area contributed by atoms with Crippen LogP contribution in [0.1, 0.15) is 36.1 Å². The minimum Gasteiger partial charge on any atom is -0.378 e. The number of carbonyl (C=O) groups is 1. The molecule has 0 aliphatic carbocycles. The lowest BCUT2D eigenvalue weighted by molar-refractivity contribution is -0.133. The molecule has 1 aromatic rings. The lowest BCUT2D eigenvalue weighted by Crippen LogP contribution is -2.44. The Hall–Kier alpha value is -1.39. The first-order valence-electron chi connectivity index (χ1n) is 7.63. The third-order valence-electron chi connectivity index (χ3n) is 4.28. The average Bonchev–Trinajstić information content (AvgIpc) is 2.49. The zero-order valence-electron chi connectivity index (χ0n) is 13.5. The number of hydrogen-bond donors (Lipinski definition) is 1. The third-order valence-corrected chi connectivity index (χ3v) is 4.28. The van der Waals surface area contributed by atoms with E-state index < -0.39 is 0 Å². The Balaban J connectivity index is 2.02. The Kier molecular flexibility index (Phi) is 5.37. The number of morpholine rings is 1. The van der Waals surface area contributed by atoms with Gasteiger partial charge in [-0.3, -0.25) is 4.79 Å². The fourth-order valence-electron chi connectivity index (χ4n) is 2.74. The predicted octanol–water partition coefficient (Wildman–Crippen LogP) is 2.20. The quantitative estimate of drug-likeness (QED) is 0.924. The number of nitrogens with zero attached hydrogens (tertiary/aromatic N) is 1. The smallest absolute Gasteiger partial charge is 0.224 e. The minimum atomic E-state index is 0.0851. The van der Waals surface area contributed by atoms with Crippen LogP contribution in [0.15, 0.2) is 18.2 Å². The molecular weight excluding hydrogens is 264 g/mol. The summed E-state index contributed by atoms with van der Waals surface area (Å²) >= 11 is 0. The second-order valence-corrected chi connectivity index (χ2v) is 5.97. The molecule has 0 saturated carbocycles. The molecule has 1 heterocycles. The number of benzene rings is 1. The summed E-state index contributed by atoms with van der Waals surface area (Å²) in [6.07, 6.45) is 0.492. The highest BCUT2D eigenvalue weighted by Crippen LogP contribution is 2.24. The van der Waals surface area contributed by atoms with Crippen LogP contribution in [-0.4, -0.2) is 43.7 Å². The molecule has 1 N–H and O–H groups in total. The Morgan fingerprint density at radius 3 is 2.90 bits per heavy atom. The molecule has 4 nitrogen and oxygen atoms in total. The van der Waals surface area contributed by atoms with E-state index in [0.717, 1.165) is 13.2 Å². The molecule has 4 heteroatoms. The maximum atomic E-state index is 12.5. The van der Waals surface area contributed by atoms with Crippen molar-refractivity contribution in [2.45, 2.75) is 39.3 Å². The molecule has 1 fully saturated rings. The Labute approximate surface area is 127 Å². The van der Waals surface area contributed by atoms with Gasteiger partial charge in [0.1, 0.15) is 0 Å². The van der Waals surface area contributed by atoms with Gasteiger partial charge in [-0.05, 0) is 31.9 Å². The zero-order valence-corrected chi connectivity index (χ0v) is 13.5. The first-order chi connectivity index (χ1) is 9.99. The van der Waals surface area contributed by atoms with Crippen LogP contribution in [0.25, 0.3) is 0 Å². The molecule has 1 amide bonds. The molecular formula is C17H26N2O2. The van der Waals surface area contributed by atoms with Crippen molar-refractivity contribution >= 4 is 5.91 Å². The van der Waals surface area contributed by atoms with E-state index in [9.17, 15) is 4.79 Å². The molecule has 1 aliphatic heterocycles. The molecule has 0 spiro atoms. The Bertz CT molecular complexity index is 496. The van der Waals surface area contributed by atoms with Gasteiger partial charge in [0, 0.05) is 26.1 Å². The molecule has 0 bridgehead atoms. The van der Waals surface area contributed by atoms with Gasteiger partial charge in [-0.1, -0.05) is 23.8 Å². The fraction of sp³-hybridized carbons (Fsp3) is 0.588. The number of amides is 1. The summed E-state index contributed by atoms with van der Waals surface area (Å²) in [4.78, 5) is 14.3. The first kappa shape index (κ1) is 16.0. The highest BCUT2D eigenvalue weighted by molar-refractivity contribution is 5.77. The number of ether oxygens (including phenoxy) is 1. The van der Waals surface area contributed by atoms with E-state index >= 15 is 0 Å². The average molecular weight is 290 g/mol.